The third-order valence-electron chi connectivity index (χ3n) is 3.35. The molecule has 0 aromatic rings. The minimum absolute atomic E-state index is 0.424. The molecule has 2 nitrogen and oxygen atoms in total. The Kier molecular flexibility index (Phi) is 3.53. The lowest BCUT2D eigenvalue weighted by Crippen LogP contribution is -2.23. The summed E-state index contributed by atoms with van der Waals surface area (Å²) < 4.78 is 0. The Morgan fingerprint density at radius 2 is 2.12 bits per heavy atom. The predicted octanol–water partition coefficient (Wildman–Crippen LogP) is 3.14. The van der Waals surface area contributed by atoms with Gasteiger partial charge in [0.2, 0.25) is 0 Å². The number of hydrogen-bond acceptors (Lipinski definition) is 3. The van der Waals surface area contributed by atoms with E-state index in [4.69, 9.17) is 0 Å². The molecule has 0 aromatic carbocycles. The highest BCUT2D eigenvalue weighted by Crippen LogP contribution is 2.37. The van der Waals surface area contributed by atoms with Crippen LogP contribution in [0, 0.1) is 17.3 Å². The monoisotopic (exact) mass is 240 g/mol. The van der Waals surface area contributed by atoms with Crippen LogP contribution >= 0.6 is 11.8 Å². The molecule has 0 amide bonds. The average molecular weight is 240 g/mol. The molecule has 0 aromatic heterocycles. The summed E-state index contributed by atoms with van der Waals surface area (Å²) in [5, 5.41) is 5.38. The molecule has 1 fully saturated rings. The summed E-state index contributed by atoms with van der Waals surface area (Å²) in [5.41, 5.74) is 0.424. The van der Waals surface area contributed by atoms with E-state index in [-0.39, 0.29) is 0 Å². The lowest BCUT2D eigenvalue weighted by atomic mass is 9.90. The molecule has 1 heterocycles. The molecule has 16 heavy (non-hydrogen) atoms. The van der Waals surface area contributed by atoms with Crippen LogP contribution in [-0.4, -0.2) is 23.5 Å². The fraction of sp³-hybridized carbons (Fsp3) is 0.923. The molecule has 0 spiro atoms. The quantitative estimate of drug-likeness (QED) is 0.819. The van der Waals surface area contributed by atoms with E-state index in [2.05, 4.69) is 38.0 Å². The van der Waals surface area contributed by atoms with E-state index >= 15 is 0 Å². The van der Waals surface area contributed by atoms with Crippen LogP contribution in [-0.2, 0) is 0 Å². The van der Waals surface area contributed by atoms with Crippen LogP contribution < -0.4 is 5.32 Å². The summed E-state index contributed by atoms with van der Waals surface area (Å²) in [6.07, 6.45) is 2.66. The van der Waals surface area contributed by atoms with Crippen molar-refractivity contribution < 1.29 is 0 Å². The average Bonchev–Trinajstić information content (AvgIpc) is 2.67. The van der Waals surface area contributed by atoms with Crippen molar-refractivity contribution in [2.75, 3.05) is 13.1 Å². The largest absolute Gasteiger partial charge is 0.365 e. The molecule has 3 heteroatoms. The molecule has 0 saturated heterocycles. The number of thioether (sulfide) groups is 1. The maximum absolute atomic E-state index is 4.59. The van der Waals surface area contributed by atoms with Crippen molar-refractivity contribution in [1.29, 1.82) is 0 Å². The summed E-state index contributed by atoms with van der Waals surface area (Å²) >= 11 is 1.95. The number of hydrogen-bond donors (Lipinski definition) is 1. The molecular formula is C13H24N2S. The van der Waals surface area contributed by atoms with Crippen LogP contribution in [0.5, 0.6) is 0 Å². The molecule has 3 unspecified atom stereocenters. The van der Waals surface area contributed by atoms with Gasteiger partial charge in [-0.05, 0) is 30.1 Å². The Labute approximate surface area is 104 Å². The van der Waals surface area contributed by atoms with Gasteiger partial charge in [0, 0.05) is 11.8 Å². The van der Waals surface area contributed by atoms with Crippen LogP contribution in [0.25, 0.3) is 0 Å². The Morgan fingerprint density at radius 1 is 1.44 bits per heavy atom. The molecular weight excluding hydrogens is 216 g/mol. The summed E-state index contributed by atoms with van der Waals surface area (Å²) in [5.74, 6) is 1.84. The van der Waals surface area contributed by atoms with Gasteiger partial charge in [0.25, 0.3) is 0 Å². The topological polar surface area (TPSA) is 24.4 Å². The molecule has 1 aliphatic carbocycles. The van der Waals surface area contributed by atoms with Crippen molar-refractivity contribution >= 4 is 16.9 Å². The predicted molar refractivity (Wildman–Crippen MR) is 73.0 cm³/mol. The van der Waals surface area contributed by atoms with Crippen LogP contribution in [0.3, 0.4) is 0 Å². The van der Waals surface area contributed by atoms with Gasteiger partial charge in [0.1, 0.15) is 0 Å². The number of rotatable bonds is 3. The zero-order chi connectivity index (χ0) is 11.8. The second-order valence-electron chi connectivity index (χ2n) is 6.50. The van der Waals surface area contributed by atoms with Crippen molar-refractivity contribution in [3.05, 3.63) is 0 Å². The van der Waals surface area contributed by atoms with E-state index in [1.807, 2.05) is 11.8 Å². The molecule has 3 atom stereocenters. The highest BCUT2D eigenvalue weighted by atomic mass is 32.2. The number of aliphatic imine (C=N–C) groups is 1. The van der Waals surface area contributed by atoms with E-state index in [0.29, 0.717) is 10.7 Å². The lowest BCUT2D eigenvalue weighted by molar-refractivity contribution is 0.375. The van der Waals surface area contributed by atoms with E-state index < -0.39 is 0 Å². The van der Waals surface area contributed by atoms with Crippen LogP contribution in [0.4, 0.5) is 0 Å². The molecule has 2 aliphatic rings. The first kappa shape index (κ1) is 12.3. The van der Waals surface area contributed by atoms with E-state index in [9.17, 15) is 0 Å². The Hall–Kier alpha value is -0.180. The van der Waals surface area contributed by atoms with Crippen LogP contribution in [0.2, 0.25) is 0 Å². The first-order valence-electron chi connectivity index (χ1n) is 6.39. The van der Waals surface area contributed by atoms with Gasteiger partial charge in [-0.15, -0.1) is 0 Å². The van der Waals surface area contributed by atoms with Crippen molar-refractivity contribution in [2.45, 2.75) is 45.8 Å². The number of nitrogens with one attached hydrogen (secondary N) is 1. The maximum Gasteiger partial charge on any atom is 0.156 e. The highest BCUT2D eigenvalue weighted by Gasteiger charge is 2.33. The minimum Gasteiger partial charge on any atom is -0.365 e. The van der Waals surface area contributed by atoms with E-state index in [0.717, 1.165) is 24.9 Å². The second-order valence-corrected chi connectivity index (χ2v) is 7.79. The fourth-order valence-electron chi connectivity index (χ4n) is 2.21. The van der Waals surface area contributed by atoms with Gasteiger partial charge >= 0.3 is 0 Å². The molecule has 0 bridgehead atoms. The smallest absolute Gasteiger partial charge is 0.156 e. The van der Waals surface area contributed by atoms with Gasteiger partial charge in [-0.1, -0.05) is 39.5 Å². The van der Waals surface area contributed by atoms with Crippen LogP contribution in [0.15, 0.2) is 4.99 Å². The molecule has 1 aliphatic heterocycles. The number of amidine groups is 1. The molecule has 1 N–H and O–H groups in total. The Balaban J connectivity index is 1.66. The summed E-state index contributed by atoms with van der Waals surface area (Å²) in [6, 6.07) is 0. The van der Waals surface area contributed by atoms with Crippen LogP contribution in [0.1, 0.15) is 40.5 Å². The molecule has 2 rings (SSSR count). The van der Waals surface area contributed by atoms with Gasteiger partial charge in [-0.25, -0.2) is 0 Å². The van der Waals surface area contributed by atoms with Crippen molar-refractivity contribution in [3.8, 4) is 0 Å². The molecule has 0 radical (unpaired) electrons. The first-order chi connectivity index (χ1) is 7.44. The minimum atomic E-state index is 0.424. The molecule has 1 saturated carbocycles. The lowest BCUT2D eigenvalue weighted by Gasteiger charge is -2.21. The van der Waals surface area contributed by atoms with Crippen molar-refractivity contribution in [3.63, 3.8) is 0 Å². The highest BCUT2D eigenvalue weighted by molar-refractivity contribution is 8.14. The Bertz CT molecular complexity index is 280. The standard InChI is InChI=1S/C13H24N2S/c1-9-5-10(9)7-14-12-15-8-11(16-12)6-13(2,3)4/h9-11H,5-8H2,1-4H3,(H,14,15). The third kappa shape index (κ3) is 3.69. The summed E-state index contributed by atoms with van der Waals surface area (Å²) in [6.45, 7) is 11.4. The van der Waals surface area contributed by atoms with Gasteiger partial charge in [-0.2, -0.15) is 0 Å². The van der Waals surface area contributed by atoms with Crippen molar-refractivity contribution in [2.24, 2.45) is 22.2 Å². The Morgan fingerprint density at radius 3 is 2.69 bits per heavy atom. The third-order valence-corrected chi connectivity index (χ3v) is 4.49. The van der Waals surface area contributed by atoms with E-state index in [1.165, 1.54) is 18.0 Å². The van der Waals surface area contributed by atoms with Gasteiger partial charge in [0.15, 0.2) is 5.17 Å². The first-order valence-corrected chi connectivity index (χ1v) is 7.27. The zero-order valence-corrected chi connectivity index (χ0v) is 11.7. The normalized spacial score (nSPS) is 33.8. The number of nitrogens with zero attached hydrogens (tertiary/aromatic N) is 1. The summed E-state index contributed by atoms with van der Waals surface area (Å²) in [7, 11) is 0. The maximum atomic E-state index is 4.59. The SMILES string of the molecule is CC1CC1CNC1=NCC(CC(C)(C)C)S1. The second kappa shape index (κ2) is 4.59. The van der Waals surface area contributed by atoms with Crippen molar-refractivity contribution in [1.82, 2.24) is 5.32 Å². The molecule has 92 valence electrons. The van der Waals surface area contributed by atoms with Gasteiger partial charge in [0.05, 0.1) is 6.54 Å². The van der Waals surface area contributed by atoms with Gasteiger partial charge in [-0.3, -0.25) is 4.99 Å². The van der Waals surface area contributed by atoms with E-state index in [1.54, 1.807) is 0 Å². The van der Waals surface area contributed by atoms with Gasteiger partial charge < -0.3 is 5.32 Å². The summed E-state index contributed by atoms with van der Waals surface area (Å²) in [4.78, 5) is 4.59. The fourth-order valence-corrected chi connectivity index (χ4v) is 3.57. The zero-order valence-electron chi connectivity index (χ0n) is 10.9.